The standard InChI is InChI=1S/C14H11BrFNO/c1-8-2-5-13(16)11(6-8)14(18)10-4-3-9(17)7-12(10)15/h2-7H,17H2,1H3. The Morgan fingerprint density at radius 2 is 1.89 bits per heavy atom. The topological polar surface area (TPSA) is 43.1 Å². The Labute approximate surface area is 113 Å². The van der Waals surface area contributed by atoms with E-state index in [4.69, 9.17) is 5.73 Å². The number of aryl methyl sites for hydroxylation is 1. The van der Waals surface area contributed by atoms with E-state index in [2.05, 4.69) is 15.9 Å². The highest BCUT2D eigenvalue weighted by atomic mass is 79.9. The number of anilines is 1. The number of hydrogen-bond donors (Lipinski definition) is 1. The highest BCUT2D eigenvalue weighted by Crippen LogP contribution is 2.24. The van der Waals surface area contributed by atoms with E-state index in [9.17, 15) is 9.18 Å². The van der Waals surface area contributed by atoms with Crippen molar-refractivity contribution in [1.82, 2.24) is 0 Å². The van der Waals surface area contributed by atoms with Crippen LogP contribution in [0.3, 0.4) is 0 Å². The average molecular weight is 308 g/mol. The monoisotopic (exact) mass is 307 g/mol. The molecule has 0 radical (unpaired) electrons. The first-order valence-corrected chi connectivity index (χ1v) is 6.14. The second-order valence-electron chi connectivity index (χ2n) is 4.05. The number of ketones is 1. The lowest BCUT2D eigenvalue weighted by atomic mass is 10.0. The van der Waals surface area contributed by atoms with Crippen LogP contribution in [-0.4, -0.2) is 5.78 Å². The Morgan fingerprint density at radius 1 is 1.17 bits per heavy atom. The maximum Gasteiger partial charge on any atom is 0.197 e. The summed E-state index contributed by atoms with van der Waals surface area (Å²) in [6, 6.07) is 9.30. The van der Waals surface area contributed by atoms with Crippen LogP contribution in [0.1, 0.15) is 21.5 Å². The second kappa shape index (κ2) is 4.90. The average Bonchev–Trinajstić information content (AvgIpc) is 2.31. The van der Waals surface area contributed by atoms with E-state index in [1.165, 1.54) is 6.07 Å². The van der Waals surface area contributed by atoms with Gasteiger partial charge in [-0.2, -0.15) is 0 Å². The van der Waals surface area contributed by atoms with Crippen LogP contribution in [0.4, 0.5) is 10.1 Å². The molecule has 92 valence electrons. The minimum absolute atomic E-state index is 0.0699. The van der Waals surface area contributed by atoms with Crippen LogP contribution >= 0.6 is 15.9 Å². The minimum Gasteiger partial charge on any atom is -0.399 e. The number of benzene rings is 2. The minimum atomic E-state index is -0.519. The molecule has 2 rings (SSSR count). The van der Waals surface area contributed by atoms with Gasteiger partial charge in [0.2, 0.25) is 0 Å². The van der Waals surface area contributed by atoms with E-state index in [0.717, 1.165) is 5.56 Å². The Hall–Kier alpha value is -1.68. The van der Waals surface area contributed by atoms with Crippen LogP contribution in [0, 0.1) is 12.7 Å². The lowest BCUT2D eigenvalue weighted by molar-refractivity contribution is 0.103. The molecule has 2 nitrogen and oxygen atoms in total. The Morgan fingerprint density at radius 3 is 2.56 bits per heavy atom. The number of carbonyl (C=O) groups is 1. The van der Waals surface area contributed by atoms with Crippen molar-refractivity contribution in [3.63, 3.8) is 0 Å². The summed E-state index contributed by atoms with van der Waals surface area (Å²) in [5.74, 6) is -0.877. The maximum absolute atomic E-state index is 13.7. The molecule has 4 heteroatoms. The SMILES string of the molecule is Cc1ccc(F)c(C(=O)c2ccc(N)cc2Br)c1. The van der Waals surface area contributed by atoms with E-state index >= 15 is 0 Å². The molecule has 0 saturated heterocycles. The molecule has 0 fully saturated rings. The van der Waals surface area contributed by atoms with Crippen LogP contribution in [0.25, 0.3) is 0 Å². The molecule has 0 unspecified atom stereocenters. The van der Waals surface area contributed by atoms with E-state index in [0.29, 0.717) is 15.7 Å². The normalized spacial score (nSPS) is 10.4. The smallest absolute Gasteiger partial charge is 0.197 e. The fraction of sp³-hybridized carbons (Fsp3) is 0.0714. The Kier molecular flexibility index (Phi) is 3.48. The van der Waals surface area contributed by atoms with Gasteiger partial charge in [-0.3, -0.25) is 4.79 Å². The lowest BCUT2D eigenvalue weighted by Crippen LogP contribution is -2.06. The van der Waals surface area contributed by atoms with Crippen LogP contribution < -0.4 is 5.73 Å². The zero-order chi connectivity index (χ0) is 13.3. The van der Waals surface area contributed by atoms with E-state index in [-0.39, 0.29) is 11.3 Å². The van der Waals surface area contributed by atoms with Gasteiger partial charge in [0.1, 0.15) is 5.82 Å². The summed E-state index contributed by atoms with van der Waals surface area (Å²) in [5.41, 5.74) is 7.46. The molecule has 2 aromatic carbocycles. The molecule has 0 atom stereocenters. The highest BCUT2D eigenvalue weighted by molar-refractivity contribution is 9.10. The molecule has 0 aromatic heterocycles. The quantitative estimate of drug-likeness (QED) is 0.679. The summed E-state index contributed by atoms with van der Waals surface area (Å²) in [7, 11) is 0. The Balaban J connectivity index is 2.51. The number of halogens is 2. The van der Waals surface area contributed by atoms with Crippen LogP contribution in [-0.2, 0) is 0 Å². The zero-order valence-corrected chi connectivity index (χ0v) is 11.3. The first kappa shape index (κ1) is 12.8. The predicted octanol–water partition coefficient (Wildman–Crippen LogP) is 3.71. The van der Waals surface area contributed by atoms with Crippen molar-refractivity contribution < 1.29 is 9.18 Å². The summed E-state index contributed by atoms with van der Waals surface area (Å²) >= 11 is 3.26. The Bertz CT molecular complexity index is 625. The number of carbonyl (C=O) groups excluding carboxylic acids is 1. The van der Waals surface area contributed by atoms with Gasteiger partial charge < -0.3 is 5.73 Å². The van der Waals surface area contributed by atoms with Crippen molar-refractivity contribution in [2.24, 2.45) is 0 Å². The molecule has 2 aromatic rings. The number of nitrogens with two attached hydrogens (primary N) is 1. The third kappa shape index (κ3) is 2.43. The number of hydrogen-bond acceptors (Lipinski definition) is 2. The van der Waals surface area contributed by atoms with Crippen molar-refractivity contribution >= 4 is 27.4 Å². The molecule has 0 aliphatic carbocycles. The summed E-state index contributed by atoms with van der Waals surface area (Å²) in [6.07, 6.45) is 0. The van der Waals surface area contributed by atoms with Gasteiger partial charge in [-0.1, -0.05) is 11.6 Å². The lowest BCUT2D eigenvalue weighted by Gasteiger charge is -2.06. The van der Waals surface area contributed by atoms with Gasteiger partial charge in [-0.05, 0) is 53.2 Å². The van der Waals surface area contributed by atoms with Crippen molar-refractivity contribution in [3.05, 3.63) is 63.4 Å². The van der Waals surface area contributed by atoms with E-state index in [1.54, 1.807) is 30.3 Å². The number of nitrogen functional groups attached to an aromatic ring is 1. The molecule has 0 aliphatic rings. The summed E-state index contributed by atoms with van der Waals surface area (Å²) in [6.45, 7) is 1.81. The third-order valence-electron chi connectivity index (χ3n) is 2.60. The highest BCUT2D eigenvalue weighted by Gasteiger charge is 2.16. The first-order chi connectivity index (χ1) is 8.49. The molecule has 2 N–H and O–H groups in total. The van der Waals surface area contributed by atoms with Crippen molar-refractivity contribution in [2.45, 2.75) is 6.92 Å². The van der Waals surface area contributed by atoms with Gasteiger partial charge in [0, 0.05) is 15.7 Å². The summed E-state index contributed by atoms with van der Waals surface area (Å²) < 4.78 is 14.2. The van der Waals surface area contributed by atoms with E-state index in [1.807, 2.05) is 6.92 Å². The predicted molar refractivity (Wildman–Crippen MR) is 73.1 cm³/mol. The summed E-state index contributed by atoms with van der Waals surface area (Å²) in [4.78, 5) is 12.2. The molecule has 0 bridgehead atoms. The van der Waals surface area contributed by atoms with E-state index < -0.39 is 5.82 Å². The van der Waals surface area contributed by atoms with Crippen LogP contribution in [0.5, 0.6) is 0 Å². The van der Waals surface area contributed by atoms with Crippen molar-refractivity contribution in [2.75, 3.05) is 5.73 Å². The van der Waals surface area contributed by atoms with Gasteiger partial charge in [0.15, 0.2) is 5.78 Å². The first-order valence-electron chi connectivity index (χ1n) is 5.35. The molecule has 0 amide bonds. The van der Waals surface area contributed by atoms with Gasteiger partial charge in [-0.25, -0.2) is 4.39 Å². The molecular formula is C14H11BrFNO. The van der Waals surface area contributed by atoms with Crippen molar-refractivity contribution in [3.8, 4) is 0 Å². The van der Waals surface area contributed by atoms with Gasteiger partial charge in [0.05, 0.1) is 5.56 Å². The molecule has 0 aliphatic heterocycles. The third-order valence-corrected chi connectivity index (χ3v) is 3.26. The maximum atomic E-state index is 13.7. The molecule has 0 spiro atoms. The van der Waals surface area contributed by atoms with Gasteiger partial charge in [0.25, 0.3) is 0 Å². The van der Waals surface area contributed by atoms with Crippen LogP contribution in [0.15, 0.2) is 40.9 Å². The van der Waals surface area contributed by atoms with Crippen LogP contribution in [0.2, 0.25) is 0 Å². The molecule has 18 heavy (non-hydrogen) atoms. The molecule has 0 heterocycles. The zero-order valence-electron chi connectivity index (χ0n) is 9.71. The van der Waals surface area contributed by atoms with Gasteiger partial charge >= 0.3 is 0 Å². The van der Waals surface area contributed by atoms with Gasteiger partial charge in [-0.15, -0.1) is 0 Å². The molecule has 0 saturated carbocycles. The molecular weight excluding hydrogens is 297 g/mol. The second-order valence-corrected chi connectivity index (χ2v) is 4.91. The fourth-order valence-electron chi connectivity index (χ4n) is 1.67. The fourth-order valence-corrected chi connectivity index (χ4v) is 2.25. The van der Waals surface area contributed by atoms with Crippen molar-refractivity contribution in [1.29, 1.82) is 0 Å². The number of rotatable bonds is 2. The largest absolute Gasteiger partial charge is 0.399 e. The summed E-state index contributed by atoms with van der Waals surface area (Å²) in [5, 5.41) is 0.